The summed E-state index contributed by atoms with van der Waals surface area (Å²) in [4.78, 5) is 2.95. The molecule has 2 rings (SSSR count). The average Bonchev–Trinajstić information content (AvgIpc) is 2.57. The summed E-state index contributed by atoms with van der Waals surface area (Å²) in [5, 5.41) is 3.32. The van der Waals surface area contributed by atoms with E-state index in [-0.39, 0.29) is 0 Å². The molecule has 0 atom stereocenters. The first-order valence-electron chi connectivity index (χ1n) is 4.06. The number of alkyl halides is 3. The maximum absolute atomic E-state index is 12.6. The SMILES string of the molecule is O=S(=O)(Cl)c1cnn2c(C(F)(F)F)ccnc12. The second kappa shape index (κ2) is 3.57. The topological polar surface area (TPSA) is 64.3 Å². The Kier molecular flexibility index (Phi) is 2.54. The molecule has 0 N–H and O–H groups in total. The van der Waals surface area contributed by atoms with Crippen molar-refractivity contribution in [3.63, 3.8) is 0 Å². The summed E-state index contributed by atoms with van der Waals surface area (Å²) >= 11 is 0. The molecule has 0 aliphatic heterocycles. The van der Waals surface area contributed by atoms with E-state index in [1.165, 1.54) is 0 Å². The molecule has 92 valence electrons. The van der Waals surface area contributed by atoms with Crippen molar-refractivity contribution in [2.24, 2.45) is 0 Å². The van der Waals surface area contributed by atoms with Gasteiger partial charge in [-0.1, -0.05) is 0 Å². The summed E-state index contributed by atoms with van der Waals surface area (Å²) in [5.74, 6) is 0. The highest BCUT2D eigenvalue weighted by Gasteiger charge is 2.35. The normalized spacial score (nSPS) is 13.2. The van der Waals surface area contributed by atoms with Crippen LogP contribution >= 0.6 is 10.7 Å². The second-order valence-corrected chi connectivity index (χ2v) is 5.54. The number of fused-ring (bicyclic) bond motifs is 1. The van der Waals surface area contributed by atoms with Gasteiger partial charge in [0.25, 0.3) is 9.05 Å². The first-order valence-corrected chi connectivity index (χ1v) is 6.37. The van der Waals surface area contributed by atoms with E-state index in [2.05, 4.69) is 10.1 Å². The van der Waals surface area contributed by atoms with Crippen LogP contribution in [-0.2, 0) is 15.2 Å². The molecule has 0 aliphatic rings. The number of aromatic nitrogens is 3. The standard InChI is InChI=1S/C7H3ClF3N3O2S/c8-17(15,16)4-3-13-14-5(7(9,10)11)1-2-12-6(4)14/h1-3H. The third-order valence-corrected chi connectivity index (χ3v) is 3.23. The molecule has 0 aromatic carbocycles. The molecule has 0 aliphatic carbocycles. The number of nitrogens with zero attached hydrogens (tertiary/aromatic N) is 3. The lowest BCUT2D eigenvalue weighted by Gasteiger charge is -2.07. The number of halogens is 4. The van der Waals surface area contributed by atoms with Crippen LogP contribution in [0, 0.1) is 0 Å². The maximum Gasteiger partial charge on any atom is 0.433 e. The Balaban J connectivity index is 2.83. The molecule has 0 amide bonds. The van der Waals surface area contributed by atoms with Crippen molar-refractivity contribution >= 4 is 25.4 Å². The van der Waals surface area contributed by atoms with Crippen molar-refractivity contribution in [2.75, 3.05) is 0 Å². The van der Waals surface area contributed by atoms with Crippen LogP contribution in [0.2, 0.25) is 0 Å². The van der Waals surface area contributed by atoms with E-state index in [1.807, 2.05) is 0 Å². The van der Waals surface area contributed by atoms with E-state index in [0.717, 1.165) is 12.4 Å². The van der Waals surface area contributed by atoms with Crippen LogP contribution < -0.4 is 0 Å². The van der Waals surface area contributed by atoms with Crippen LogP contribution in [0.25, 0.3) is 5.65 Å². The predicted molar refractivity (Wildman–Crippen MR) is 51.0 cm³/mol. The van der Waals surface area contributed by atoms with Crippen molar-refractivity contribution in [3.8, 4) is 0 Å². The van der Waals surface area contributed by atoms with Gasteiger partial charge in [-0.05, 0) is 6.07 Å². The molecule has 0 saturated heterocycles. The lowest BCUT2D eigenvalue weighted by atomic mass is 10.4. The third-order valence-electron chi connectivity index (χ3n) is 1.92. The molecular formula is C7H3ClF3N3O2S. The van der Waals surface area contributed by atoms with E-state index < -0.39 is 31.5 Å². The lowest BCUT2D eigenvalue weighted by molar-refractivity contribution is -0.142. The minimum atomic E-state index is -4.67. The first-order chi connectivity index (χ1) is 7.71. The molecule has 2 aromatic heterocycles. The van der Waals surface area contributed by atoms with Crippen molar-refractivity contribution in [3.05, 3.63) is 24.2 Å². The molecule has 0 fully saturated rings. The van der Waals surface area contributed by atoms with E-state index in [9.17, 15) is 21.6 Å². The Labute approximate surface area is 97.3 Å². The van der Waals surface area contributed by atoms with Crippen LogP contribution in [0.4, 0.5) is 13.2 Å². The highest BCUT2D eigenvalue weighted by molar-refractivity contribution is 8.13. The van der Waals surface area contributed by atoms with Crippen LogP contribution in [0.15, 0.2) is 23.4 Å². The van der Waals surface area contributed by atoms with Gasteiger partial charge >= 0.3 is 6.18 Å². The molecular weight excluding hydrogens is 283 g/mol. The summed E-state index contributed by atoms with van der Waals surface area (Å²) in [5.41, 5.74) is -1.59. The number of rotatable bonds is 1. The van der Waals surface area contributed by atoms with E-state index in [1.54, 1.807) is 0 Å². The zero-order valence-corrected chi connectivity index (χ0v) is 9.38. The molecule has 17 heavy (non-hydrogen) atoms. The largest absolute Gasteiger partial charge is 0.433 e. The molecule has 2 aromatic rings. The van der Waals surface area contributed by atoms with Crippen LogP contribution in [0.3, 0.4) is 0 Å². The summed E-state index contributed by atoms with van der Waals surface area (Å²) in [6, 6.07) is 0.685. The van der Waals surface area contributed by atoms with Gasteiger partial charge in [-0.25, -0.2) is 17.9 Å². The van der Waals surface area contributed by atoms with Gasteiger partial charge in [0.2, 0.25) is 0 Å². The zero-order chi connectivity index (χ0) is 12.8. The molecule has 0 radical (unpaired) electrons. The monoisotopic (exact) mass is 285 g/mol. The first kappa shape index (κ1) is 12.1. The Morgan fingerprint density at radius 3 is 2.53 bits per heavy atom. The van der Waals surface area contributed by atoms with E-state index >= 15 is 0 Å². The Hall–Kier alpha value is -1.35. The van der Waals surface area contributed by atoms with Crippen molar-refractivity contribution in [2.45, 2.75) is 11.1 Å². The van der Waals surface area contributed by atoms with Gasteiger partial charge in [0.15, 0.2) is 5.65 Å². The summed E-state index contributed by atoms with van der Waals surface area (Å²) in [6.07, 6.45) is -3.11. The average molecular weight is 286 g/mol. The second-order valence-electron chi connectivity index (χ2n) is 3.01. The fourth-order valence-electron chi connectivity index (χ4n) is 1.26. The van der Waals surface area contributed by atoms with Crippen molar-refractivity contribution in [1.29, 1.82) is 0 Å². The highest BCUT2D eigenvalue weighted by atomic mass is 35.7. The summed E-state index contributed by atoms with van der Waals surface area (Å²) in [7, 11) is 0.854. The van der Waals surface area contributed by atoms with Gasteiger partial charge in [0.1, 0.15) is 10.6 Å². The Bertz CT molecular complexity index is 679. The van der Waals surface area contributed by atoms with E-state index in [4.69, 9.17) is 10.7 Å². The molecule has 0 saturated carbocycles. The van der Waals surface area contributed by atoms with Gasteiger partial charge < -0.3 is 0 Å². The van der Waals surface area contributed by atoms with Crippen LogP contribution in [0.5, 0.6) is 0 Å². The predicted octanol–water partition coefficient (Wildman–Crippen LogP) is 1.68. The summed E-state index contributed by atoms with van der Waals surface area (Å²) < 4.78 is 60.2. The number of hydrogen-bond donors (Lipinski definition) is 0. The minimum absolute atomic E-state index is 0.384. The molecule has 0 bridgehead atoms. The Morgan fingerprint density at radius 2 is 2.00 bits per heavy atom. The fourth-order valence-corrected chi connectivity index (χ4v) is 2.11. The molecule has 0 spiro atoms. The third kappa shape index (κ3) is 2.07. The van der Waals surface area contributed by atoms with Gasteiger partial charge in [0, 0.05) is 16.9 Å². The number of hydrogen-bond acceptors (Lipinski definition) is 4. The lowest BCUT2D eigenvalue weighted by Crippen LogP contribution is -2.12. The summed E-state index contributed by atoms with van der Waals surface area (Å²) in [6.45, 7) is 0. The fraction of sp³-hybridized carbons (Fsp3) is 0.143. The molecule has 10 heteroatoms. The Morgan fingerprint density at radius 1 is 1.35 bits per heavy atom. The molecule has 2 heterocycles. The van der Waals surface area contributed by atoms with Gasteiger partial charge in [-0.2, -0.15) is 18.3 Å². The van der Waals surface area contributed by atoms with Gasteiger partial charge in [0.05, 0.1) is 6.20 Å². The van der Waals surface area contributed by atoms with Crippen molar-refractivity contribution in [1.82, 2.24) is 14.6 Å². The van der Waals surface area contributed by atoms with Gasteiger partial charge in [-0.15, -0.1) is 0 Å². The minimum Gasteiger partial charge on any atom is -0.236 e. The zero-order valence-electron chi connectivity index (χ0n) is 7.81. The molecule has 5 nitrogen and oxygen atoms in total. The van der Waals surface area contributed by atoms with Crippen LogP contribution in [0.1, 0.15) is 5.69 Å². The van der Waals surface area contributed by atoms with Gasteiger partial charge in [-0.3, -0.25) is 0 Å². The maximum atomic E-state index is 12.6. The van der Waals surface area contributed by atoms with Crippen molar-refractivity contribution < 1.29 is 21.6 Å². The quantitative estimate of drug-likeness (QED) is 0.748. The molecule has 0 unspecified atom stereocenters. The van der Waals surface area contributed by atoms with E-state index in [0.29, 0.717) is 10.6 Å². The highest BCUT2D eigenvalue weighted by Crippen LogP contribution is 2.30. The van der Waals surface area contributed by atoms with Crippen LogP contribution in [-0.4, -0.2) is 23.0 Å². The smallest absolute Gasteiger partial charge is 0.236 e.